The number of benzene rings is 3. The van der Waals surface area contributed by atoms with Gasteiger partial charge in [0.05, 0.1) is 12.2 Å². The summed E-state index contributed by atoms with van der Waals surface area (Å²) in [5, 5.41) is 2.52. The van der Waals surface area contributed by atoms with Gasteiger partial charge in [0, 0.05) is 11.9 Å². The molecule has 0 radical (unpaired) electrons. The van der Waals surface area contributed by atoms with Crippen LogP contribution < -0.4 is 4.74 Å². The molecule has 1 aromatic heterocycles. The normalized spacial score (nSPS) is 15.6. The van der Waals surface area contributed by atoms with E-state index in [1.165, 1.54) is 28.4 Å². The number of carbonyl (C=O) groups is 2. The molecule has 1 fully saturated rings. The number of imide groups is 1. The van der Waals surface area contributed by atoms with Crippen LogP contribution in [0.4, 0.5) is 9.18 Å². The number of amides is 3. The second-order valence-corrected chi connectivity index (χ2v) is 9.05. The zero-order chi connectivity index (χ0) is 24.2. The van der Waals surface area contributed by atoms with Gasteiger partial charge in [0.25, 0.3) is 5.91 Å². The van der Waals surface area contributed by atoms with Gasteiger partial charge in [-0.25, -0.2) is 14.2 Å². The molecule has 176 valence electrons. The van der Waals surface area contributed by atoms with Gasteiger partial charge in [0.1, 0.15) is 29.2 Å². The maximum Gasteiger partial charge on any atom is 0.328 e. The molecule has 0 aliphatic carbocycles. The van der Waals surface area contributed by atoms with Crippen LogP contribution in [-0.4, -0.2) is 26.7 Å². The molecule has 0 bridgehead atoms. The Labute approximate surface area is 206 Å². The van der Waals surface area contributed by atoms with Crippen molar-refractivity contribution in [2.75, 3.05) is 0 Å². The number of halogens is 1. The summed E-state index contributed by atoms with van der Waals surface area (Å²) in [4.78, 5) is 34.3. The Bertz CT molecular complexity index is 1310. The van der Waals surface area contributed by atoms with Crippen LogP contribution >= 0.6 is 11.3 Å². The largest absolute Gasteiger partial charge is 0.486 e. The van der Waals surface area contributed by atoms with Gasteiger partial charge in [0.15, 0.2) is 0 Å². The lowest BCUT2D eigenvalue weighted by atomic mass is 10.1. The van der Waals surface area contributed by atoms with E-state index in [4.69, 9.17) is 4.74 Å². The van der Waals surface area contributed by atoms with Gasteiger partial charge in [-0.15, -0.1) is 11.3 Å². The van der Waals surface area contributed by atoms with E-state index < -0.39 is 6.04 Å². The first-order valence-corrected chi connectivity index (χ1v) is 12.0. The van der Waals surface area contributed by atoms with Crippen LogP contribution in [0.5, 0.6) is 5.75 Å². The van der Waals surface area contributed by atoms with Crippen molar-refractivity contribution in [2.24, 2.45) is 0 Å². The molecule has 8 heteroatoms. The summed E-state index contributed by atoms with van der Waals surface area (Å²) >= 11 is 1.39. The summed E-state index contributed by atoms with van der Waals surface area (Å²) in [5.41, 5.74) is 2.34. The van der Waals surface area contributed by atoms with Crippen molar-refractivity contribution in [3.63, 3.8) is 0 Å². The molecule has 3 amide bonds. The van der Waals surface area contributed by atoms with Crippen LogP contribution in [0.2, 0.25) is 0 Å². The molecule has 0 spiro atoms. The van der Waals surface area contributed by atoms with Gasteiger partial charge in [-0.2, -0.15) is 0 Å². The van der Waals surface area contributed by atoms with E-state index in [9.17, 15) is 14.0 Å². The molecule has 1 aliphatic rings. The van der Waals surface area contributed by atoms with Crippen molar-refractivity contribution in [1.82, 2.24) is 14.8 Å². The van der Waals surface area contributed by atoms with Crippen molar-refractivity contribution >= 4 is 23.3 Å². The fourth-order valence-electron chi connectivity index (χ4n) is 4.01. The van der Waals surface area contributed by atoms with Crippen molar-refractivity contribution in [1.29, 1.82) is 0 Å². The molecule has 6 nitrogen and oxygen atoms in total. The van der Waals surface area contributed by atoms with E-state index in [-0.39, 0.29) is 30.9 Å². The van der Waals surface area contributed by atoms with Gasteiger partial charge in [-0.05, 0) is 35.4 Å². The second kappa shape index (κ2) is 10.1. The SMILES string of the molecule is O=C1C(c2ccccc2)N(Cc2ccccc2)C(=O)N1Cc1csc(COc2ccc(F)cc2)n1. The average Bonchev–Trinajstić information content (AvgIpc) is 3.43. The number of rotatable bonds is 8. The van der Waals surface area contributed by atoms with Gasteiger partial charge in [-0.3, -0.25) is 9.69 Å². The average molecular weight is 488 g/mol. The lowest BCUT2D eigenvalue weighted by molar-refractivity contribution is -0.129. The molecule has 35 heavy (non-hydrogen) atoms. The van der Waals surface area contributed by atoms with Crippen molar-refractivity contribution in [3.05, 3.63) is 118 Å². The molecule has 1 unspecified atom stereocenters. The third kappa shape index (κ3) is 5.07. The smallest absolute Gasteiger partial charge is 0.328 e. The number of hydrogen-bond acceptors (Lipinski definition) is 5. The van der Waals surface area contributed by atoms with Gasteiger partial charge in [-0.1, -0.05) is 60.7 Å². The van der Waals surface area contributed by atoms with E-state index in [0.29, 0.717) is 23.0 Å². The van der Waals surface area contributed by atoms with Gasteiger partial charge >= 0.3 is 6.03 Å². The van der Waals surface area contributed by atoms with E-state index in [1.807, 2.05) is 66.0 Å². The molecular formula is C27H22FN3O3S. The summed E-state index contributed by atoms with van der Waals surface area (Å²) < 4.78 is 18.7. The highest BCUT2D eigenvalue weighted by Gasteiger charge is 2.45. The molecule has 1 aliphatic heterocycles. The number of nitrogens with zero attached hydrogens (tertiary/aromatic N) is 3. The quantitative estimate of drug-likeness (QED) is 0.305. The summed E-state index contributed by atoms with van der Waals surface area (Å²) in [5.74, 6) is -0.0616. The minimum Gasteiger partial charge on any atom is -0.486 e. The Morgan fingerprint density at radius 2 is 1.57 bits per heavy atom. The Morgan fingerprint density at radius 1 is 0.886 bits per heavy atom. The molecule has 3 aromatic carbocycles. The minimum atomic E-state index is -0.691. The van der Waals surface area contributed by atoms with Crippen molar-refractivity contribution < 1.29 is 18.7 Å². The van der Waals surface area contributed by atoms with E-state index in [0.717, 1.165) is 11.1 Å². The summed E-state index contributed by atoms with van der Waals surface area (Å²) in [7, 11) is 0. The first kappa shape index (κ1) is 22.7. The lowest BCUT2D eigenvalue weighted by Gasteiger charge is -2.22. The highest BCUT2D eigenvalue weighted by molar-refractivity contribution is 7.09. The zero-order valence-electron chi connectivity index (χ0n) is 18.7. The first-order valence-electron chi connectivity index (χ1n) is 11.1. The standard InChI is InChI=1S/C27H22FN3O3S/c28-21-11-13-23(14-12-21)34-17-24-29-22(18-35-24)16-31-26(32)25(20-9-5-2-6-10-20)30(27(31)33)15-19-7-3-1-4-8-19/h1-14,18,25H,15-17H2. The summed E-state index contributed by atoms with van der Waals surface area (Å²) in [6.45, 7) is 0.625. The fraction of sp³-hybridized carbons (Fsp3) is 0.148. The lowest BCUT2D eigenvalue weighted by Crippen LogP contribution is -2.32. The number of urea groups is 1. The first-order chi connectivity index (χ1) is 17.1. The van der Waals surface area contributed by atoms with E-state index >= 15 is 0 Å². The molecule has 1 atom stereocenters. The number of carbonyl (C=O) groups excluding carboxylic acids is 2. The predicted molar refractivity (Wildman–Crippen MR) is 130 cm³/mol. The van der Waals surface area contributed by atoms with Crippen LogP contribution in [0.3, 0.4) is 0 Å². The highest BCUT2D eigenvalue weighted by Crippen LogP contribution is 2.33. The topological polar surface area (TPSA) is 62.7 Å². The van der Waals surface area contributed by atoms with E-state index in [2.05, 4.69) is 4.98 Å². The Kier molecular flexibility index (Phi) is 6.54. The minimum absolute atomic E-state index is 0.0827. The number of aromatic nitrogens is 1. The number of ether oxygens (including phenoxy) is 1. The van der Waals surface area contributed by atoms with Gasteiger partial charge < -0.3 is 9.64 Å². The molecule has 2 heterocycles. The molecule has 1 saturated heterocycles. The van der Waals surface area contributed by atoms with Crippen LogP contribution in [0.1, 0.15) is 27.9 Å². The Balaban J connectivity index is 1.32. The van der Waals surface area contributed by atoms with Gasteiger partial charge in [0.2, 0.25) is 0 Å². The Morgan fingerprint density at radius 3 is 2.29 bits per heavy atom. The molecular weight excluding hydrogens is 465 g/mol. The van der Waals surface area contributed by atoms with Crippen LogP contribution in [0.15, 0.2) is 90.3 Å². The highest BCUT2D eigenvalue weighted by atomic mass is 32.1. The zero-order valence-corrected chi connectivity index (χ0v) is 19.5. The van der Waals surface area contributed by atoms with Crippen LogP contribution in [0.25, 0.3) is 0 Å². The molecule has 4 aromatic rings. The van der Waals surface area contributed by atoms with E-state index in [1.54, 1.807) is 17.0 Å². The monoisotopic (exact) mass is 487 g/mol. The molecule has 0 N–H and O–H groups in total. The van der Waals surface area contributed by atoms with Crippen molar-refractivity contribution in [2.45, 2.75) is 25.7 Å². The molecule has 0 saturated carbocycles. The fourth-order valence-corrected chi connectivity index (χ4v) is 4.71. The third-order valence-corrected chi connectivity index (χ3v) is 6.57. The summed E-state index contributed by atoms with van der Waals surface area (Å²) in [6, 6.07) is 23.7. The van der Waals surface area contributed by atoms with Crippen molar-refractivity contribution in [3.8, 4) is 5.75 Å². The Hall–Kier alpha value is -4.04. The molecule has 5 rings (SSSR count). The number of thiazole rings is 1. The predicted octanol–water partition coefficient (Wildman–Crippen LogP) is 5.57. The van der Waals surface area contributed by atoms with Crippen LogP contribution in [0, 0.1) is 5.82 Å². The number of hydrogen-bond donors (Lipinski definition) is 0. The maximum absolute atomic E-state index is 13.5. The van der Waals surface area contributed by atoms with Crippen LogP contribution in [-0.2, 0) is 24.5 Å². The second-order valence-electron chi connectivity index (χ2n) is 8.11. The summed E-state index contributed by atoms with van der Waals surface area (Å²) in [6.07, 6.45) is 0. The third-order valence-electron chi connectivity index (χ3n) is 5.69. The maximum atomic E-state index is 13.5.